The van der Waals surface area contributed by atoms with Crippen molar-refractivity contribution in [2.45, 2.75) is 64.6 Å². The van der Waals surface area contributed by atoms with Gasteiger partial charge in [-0.15, -0.1) is 0 Å². The summed E-state index contributed by atoms with van der Waals surface area (Å²) in [6.45, 7) is 9.94. The van der Waals surface area contributed by atoms with Gasteiger partial charge in [0, 0.05) is 31.1 Å². The second kappa shape index (κ2) is 5.41. The van der Waals surface area contributed by atoms with Gasteiger partial charge in [0.1, 0.15) is 0 Å². The fraction of sp³-hybridized carbons (Fsp3) is 0.933. The number of hydrogen-bond donors (Lipinski definition) is 1. The molecule has 4 heteroatoms. The largest absolute Gasteiger partial charge is 0.388 e. The molecule has 2 rings (SSSR count). The van der Waals surface area contributed by atoms with Gasteiger partial charge in [0.15, 0.2) is 0 Å². The van der Waals surface area contributed by atoms with Crippen molar-refractivity contribution in [3.05, 3.63) is 0 Å². The van der Waals surface area contributed by atoms with Gasteiger partial charge in [-0.1, -0.05) is 13.3 Å². The van der Waals surface area contributed by atoms with E-state index >= 15 is 0 Å². The minimum Gasteiger partial charge on any atom is -0.388 e. The van der Waals surface area contributed by atoms with E-state index in [0.717, 1.165) is 0 Å². The summed E-state index contributed by atoms with van der Waals surface area (Å²) < 4.78 is 0. The molecule has 4 unspecified atom stereocenters. The third kappa shape index (κ3) is 3.11. The van der Waals surface area contributed by atoms with Gasteiger partial charge in [-0.25, -0.2) is 0 Å². The van der Waals surface area contributed by atoms with Crippen molar-refractivity contribution in [2.75, 3.05) is 19.6 Å². The quantitative estimate of drug-likeness (QED) is 0.825. The van der Waals surface area contributed by atoms with E-state index in [2.05, 4.69) is 18.7 Å². The number of likely N-dealkylation sites (tertiary alicyclic amines) is 2. The molecule has 1 N–H and O–H groups in total. The first-order chi connectivity index (χ1) is 8.81. The second-order valence-corrected chi connectivity index (χ2v) is 6.83. The number of carbonyl (C=O) groups excluding carboxylic acids is 1. The van der Waals surface area contributed by atoms with Crippen LogP contribution in [0.5, 0.6) is 0 Å². The lowest BCUT2D eigenvalue weighted by molar-refractivity contribution is -0.134. The molecular weight excluding hydrogens is 240 g/mol. The predicted octanol–water partition coefficient (Wildman–Crippen LogP) is 1.48. The highest BCUT2D eigenvalue weighted by Gasteiger charge is 2.41. The van der Waals surface area contributed by atoms with Gasteiger partial charge in [0.25, 0.3) is 0 Å². The molecule has 0 spiro atoms. The first kappa shape index (κ1) is 14.8. The Bertz CT molecular complexity index is 333. The lowest BCUT2D eigenvalue weighted by atomic mass is 9.95. The number of amides is 1. The number of hydrogen-bond acceptors (Lipinski definition) is 3. The average molecular weight is 268 g/mol. The van der Waals surface area contributed by atoms with Crippen LogP contribution < -0.4 is 0 Å². The number of β-amino-alcohol motifs (C(OH)–C–C–N with tert-alkyl or cyclic N) is 1. The fourth-order valence-corrected chi connectivity index (χ4v) is 3.37. The van der Waals surface area contributed by atoms with Gasteiger partial charge in [-0.2, -0.15) is 0 Å². The Morgan fingerprint density at radius 1 is 1.26 bits per heavy atom. The van der Waals surface area contributed by atoms with E-state index in [1.807, 2.05) is 18.7 Å². The molecule has 2 aliphatic heterocycles. The number of rotatable bonds is 2. The van der Waals surface area contributed by atoms with Gasteiger partial charge in [-0.05, 0) is 33.6 Å². The number of aliphatic hydroxyl groups is 1. The van der Waals surface area contributed by atoms with Gasteiger partial charge >= 0.3 is 0 Å². The van der Waals surface area contributed by atoms with Crippen LogP contribution in [0.3, 0.4) is 0 Å². The van der Waals surface area contributed by atoms with Crippen LogP contribution >= 0.6 is 0 Å². The van der Waals surface area contributed by atoms with Crippen molar-refractivity contribution in [3.8, 4) is 0 Å². The third-order valence-electron chi connectivity index (χ3n) is 5.11. The Kier molecular flexibility index (Phi) is 4.21. The highest BCUT2D eigenvalue weighted by molar-refractivity contribution is 5.78. The van der Waals surface area contributed by atoms with E-state index in [-0.39, 0.29) is 11.8 Å². The molecule has 0 radical (unpaired) electrons. The first-order valence-corrected chi connectivity index (χ1v) is 7.57. The van der Waals surface area contributed by atoms with E-state index in [9.17, 15) is 9.90 Å². The summed E-state index contributed by atoms with van der Waals surface area (Å²) in [5.74, 6) is 0.331. The normalized spacial score (nSPS) is 40.7. The zero-order valence-corrected chi connectivity index (χ0v) is 12.7. The van der Waals surface area contributed by atoms with Crippen molar-refractivity contribution >= 4 is 5.91 Å². The number of nitrogens with zero attached hydrogens (tertiary/aromatic N) is 2. The van der Waals surface area contributed by atoms with Crippen LogP contribution in [0, 0.1) is 5.92 Å². The summed E-state index contributed by atoms with van der Waals surface area (Å²) in [5.41, 5.74) is -0.727. The molecule has 4 atom stereocenters. The summed E-state index contributed by atoms with van der Waals surface area (Å²) in [6.07, 6.45) is 3.64. The molecule has 110 valence electrons. The predicted molar refractivity (Wildman–Crippen MR) is 75.8 cm³/mol. The molecule has 0 aliphatic carbocycles. The molecule has 2 aliphatic rings. The zero-order chi connectivity index (χ0) is 14.2. The van der Waals surface area contributed by atoms with Crippen LogP contribution in [0.4, 0.5) is 0 Å². The second-order valence-electron chi connectivity index (χ2n) is 6.83. The van der Waals surface area contributed by atoms with Crippen molar-refractivity contribution in [2.24, 2.45) is 5.92 Å². The molecule has 4 nitrogen and oxygen atoms in total. The van der Waals surface area contributed by atoms with Gasteiger partial charge < -0.3 is 10.0 Å². The van der Waals surface area contributed by atoms with Crippen LogP contribution in [-0.4, -0.2) is 58.1 Å². The Balaban J connectivity index is 1.94. The van der Waals surface area contributed by atoms with Crippen molar-refractivity contribution < 1.29 is 9.90 Å². The molecule has 1 amide bonds. The molecule has 0 saturated carbocycles. The summed E-state index contributed by atoms with van der Waals surface area (Å²) in [4.78, 5) is 16.6. The van der Waals surface area contributed by atoms with E-state index < -0.39 is 5.60 Å². The lowest BCUT2D eigenvalue weighted by Crippen LogP contribution is -2.49. The van der Waals surface area contributed by atoms with Crippen LogP contribution in [0.2, 0.25) is 0 Å². The Morgan fingerprint density at radius 3 is 2.32 bits per heavy atom. The van der Waals surface area contributed by atoms with Gasteiger partial charge in [-0.3, -0.25) is 9.69 Å². The molecule has 2 saturated heterocycles. The van der Waals surface area contributed by atoms with E-state index in [1.54, 1.807) is 0 Å². The maximum absolute atomic E-state index is 12.4. The van der Waals surface area contributed by atoms with Crippen molar-refractivity contribution in [1.29, 1.82) is 0 Å². The average Bonchev–Trinajstić information content (AvgIpc) is 2.59. The standard InChI is InChI=1S/C15H28N2O2/c1-11-8-16(10-15(11,4)19)14(18)9-17-12(2)6-5-7-13(17)3/h11-13,19H,5-10H2,1-4H3. The van der Waals surface area contributed by atoms with Crippen LogP contribution in [0.25, 0.3) is 0 Å². The van der Waals surface area contributed by atoms with E-state index in [0.29, 0.717) is 31.7 Å². The van der Waals surface area contributed by atoms with Crippen molar-refractivity contribution in [1.82, 2.24) is 9.80 Å². The highest BCUT2D eigenvalue weighted by Crippen LogP contribution is 2.28. The Morgan fingerprint density at radius 2 is 1.84 bits per heavy atom. The SMILES string of the molecule is CC1CCCC(C)N1CC(=O)N1CC(C)C(C)(O)C1. The van der Waals surface area contributed by atoms with Crippen LogP contribution in [-0.2, 0) is 4.79 Å². The molecule has 0 aromatic heterocycles. The summed E-state index contributed by atoms with van der Waals surface area (Å²) in [6, 6.07) is 0.987. The zero-order valence-electron chi connectivity index (χ0n) is 12.7. The monoisotopic (exact) mass is 268 g/mol. The lowest BCUT2D eigenvalue weighted by Gasteiger charge is -2.39. The Labute approximate surface area is 116 Å². The third-order valence-corrected chi connectivity index (χ3v) is 5.11. The summed E-state index contributed by atoms with van der Waals surface area (Å²) in [7, 11) is 0. The minimum atomic E-state index is -0.727. The fourth-order valence-electron chi connectivity index (χ4n) is 3.37. The minimum absolute atomic E-state index is 0.160. The maximum Gasteiger partial charge on any atom is 0.236 e. The van der Waals surface area contributed by atoms with Crippen molar-refractivity contribution in [3.63, 3.8) is 0 Å². The Hall–Kier alpha value is -0.610. The van der Waals surface area contributed by atoms with E-state index in [1.165, 1.54) is 19.3 Å². The summed E-state index contributed by atoms with van der Waals surface area (Å²) in [5, 5.41) is 10.2. The highest BCUT2D eigenvalue weighted by atomic mass is 16.3. The molecule has 0 aromatic rings. The topological polar surface area (TPSA) is 43.8 Å². The maximum atomic E-state index is 12.4. The molecule has 2 fully saturated rings. The molecule has 2 heterocycles. The van der Waals surface area contributed by atoms with Crippen LogP contribution in [0.15, 0.2) is 0 Å². The summed E-state index contributed by atoms with van der Waals surface area (Å²) >= 11 is 0. The number of carbonyl (C=O) groups is 1. The van der Waals surface area contributed by atoms with Crippen LogP contribution in [0.1, 0.15) is 47.0 Å². The van der Waals surface area contributed by atoms with Gasteiger partial charge in [0.2, 0.25) is 5.91 Å². The van der Waals surface area contributed by atoms with E-state index in [4.69, 9.17) is 0 Å². The first-order valence-electron chi connectivity index (χ1n) is 7.57. The number of piperidine rings is 1. The smallest absolute Gasteiger partial charge is 0.236 e. The molecular formula is C15H28N2O2. The van der Waals surface area contributed by atoms with Gasteiger partial charge in [0.05, 0.1) is 12.1 Å². The molecule has 0 bridgehead atoms. The molecule has 0 aromatic carbocycles. The molecule has 19 heavy (non-hydrogen) atoms.